The van der Waals surface area contributed by atoms with E-state index in [2.05, 4.69) is 17.2 Å². The van der Waals surface area contributed by atoms with Crippen molar-refractivity contribution in [3.05, 3.63) is 24.0 Å². The summed E-state index contributed by atoms with van der Waals surface area (Å²) in [4.78, 5) is 15.8. The van der Waals surface area contributed by atoms with E-state index < -0.39 is 11.5 Å². The first-order valence-electron chi connectivity index (χ1n) is 7.00. The fraction of sp³-hybridized carbons (Fsp3) is 0.600. The molecule has 2 N–H and O–H groups in total. The van der Waals surface area contributed by atoms with E-state index in [1.165, 1.54) is 0 Å². The second kappa shape index (κ2) is 5.59. The van der Waals surface area contributed by atoms with Crippen LogP contribution in [0.3, 0.4) is 0 Å². The Balaban J connectivity index is 2.15. The maximum atomic E-state index is 11.7. The van der Waals surface area contributed by atoms with E-state index in [0.29, 0.717) is 18.8 Å². The van der Waals surface area contributed by atoms with Crippen LogP contribution in [0.5, 0.6) is 0 Å². The van der Waals surface area contributed by atoms with Gasteiger partial charge in [0.25, 0.3) is 0 Å². The number of hydrogen-bond donors (Lipinski definition) is 2. The molecular weight excluding hydrogens is 240 g/mol. The second-order valence-corrected chi connectivity index (χ2v) is 5.55. The van der Waals surface area contributed by atoms with Gasteiger partial charge in [-0.3, -0.25) is 4.98 Å². The van der Waals surface area contributed by atoms with Crippen molar-refractivity contribution < 1.29 is 9.90 Å². The summed E-state index contributed by atoms with van der Waals surface area (Å²) in [5.74, 6) is -0.0648. The highest BCUT2D eigenvalue weighted by Gasteiger charge is 2.41. The monoisotopic (exact) mass is 262 g/mol. The number of carboxylic acids is 1. The van der Waals surface area contributed by atoms with Crippen LogP contribution >= 0.6 is 0 Å². The Hall–Kier alpha value is -1.58. The third-order valence-electron chi connectivity index (χ3n) is 4.23. The van der Waals surface area contributed by atoms with Gasteiger partial charge in [0, 0.05) is 17.6 Å². The standard InChI is InChI=1S/C15H22N2O2/c1-3-12-4-7-15(8-5-12,14(18)19)17-13-6-9-16-11(2)10-13/h6,9-10,12H,3-5,7-8H2,1-2H3,(H,16,17)(H,18,19). The summed E-state index contributed by atoms with van der Waals surface area (Å²) in [5, 5.41) is 12.8. The summed E-state index contributed by atoms with van der Waals surface area (Å²) in [6, 6.07) is 3.74. The molecule has 0 atom stereocenters. The number of pyridine rings is 1. The van der Waals surface area contributed by atoms with Crippen molar-refractivity contribution in [2.45, 2.75) is 51.5 Å². The quantitative estimate of drug-likeness (QED) is 0.874. The smallest absolute Gasteiger partial charge is 0.329 e. The summed E-state index contributed by atoms with van der Waals surface area (Å²) in [6.45, 7) is 4.09. The van der Waals surface area contributed by atoms with Crippen LogP contribution in [0.15, 0.2) is 18.3 Å². The maximum absolute atomic E-state index is 11.7. The molecule has 1 saturated carbocycles. The average molecular weight is 262 g/mol. The largest absolute Gasteiger partial charge is 0.480 e. The summed E-state index contributed by atoms with van der Waals surface area (Å²) in [5.41, 5.74) is 0.942. The zero-order valence-electron chi connectivity index (χ0n) is 11.6. The molecule has 1 heterocycles. The number of carboxylic acid groups (broad SMARTS) is 1. The van der Waals surface area contributed by atoms with E-state index in [1.807, 2.05) is 19.1 Å². The first-order valence-corrected chi connectivity index (χ1v) is 7.00. The van der Waals surface area contributed by atoms with Crippen LogP contribution in [0.4, 0.5) is 5.69 Å². The van der Waals surface area contributed by atoms with Crippen LogP contribution in [0.25, 0.3) is 0 Å². The van der Waals surface area contributed by atoms with Gasteiger partial charge in [0.05, 0.1) is 0 Å². The molecule has 1 aromatic rings. The molecule has 4 nitrogen and oxygen atoms in total. The molecule has 2 rings (SSSR count). The van der Waals surface area contributed by atoms with Crippen molar-refractivity contribution in [2.24, 2.45) is 5.92 Å². The van der Waals surface area contributed by atoms with Gasteiger partial charge in [-0.05, 0) is 50.7 Å². The van der Waals surface area contributed by atoms with Crippen LogP contribution in [0.2, 0.25) is 0 Å². The Morgan fingerprint density at radius 2 is 2.21 bits per heavy atom. The lowest BCUT2D eigenvalue weighted by atomic mass is 9.75. The Bertz CT molecular complexity index is 451. The number of rotatable bonds is 4. The third-order valence-corrected chi connectivity index (χ3v) is 4.23. The molecule has 0 radical (unpaired) electrons. The van der Waals surface area contributed by atoms with Crippen molar-refractivity contribution >= 4 is 11.7 Å². The third kappa shape index (κ3) is 3.06. The molecule has 1 fully saturated rings. The van der Waals surface area contributed by atoms with Crippen molar-refractivity contribution in [1.29, 1.82) is 0 Å². The van der Waals surface area contributed by atoms with Gasteiger partial charge in [-0.1, -0.05) is 13.3 Å². The zero-order valence-corrected chi connectivity index (χ0v) is 11.6. The molecule has 1 aliphatic rings. The molecule has 0 bridgehead atoms. The molecule has 0 amide bonds. The summed E-state index contributed by atoms with van der Waals surface area (Å²) in [6.07, 6.45) is 6.22. The van der Waals surface area contributed by atoms with E-state index in [-0.39, 0.29) is 0 Å². The molecule has 104 valence electrons. The Labute approximate surface area is 114 Å². The van der Waals surface area contributed by atoms with Gasteiger partial charge in [0.2, 0.25) is 0 Å². The van der Waals surface area contributed by atoms with Crippen LogP contribution < -0.4 is 5.32 Å². The fourth-order valence-corrected chi connectivity index (χ4v) is 2.87. The van der Waals surface area contributed by atoms with E-state index in [4.69, 9.17) is 0 Å². The molecule has 19 heavy (non-hydrogen) atoms. The number of aromatic nitrogens is 1. The van der Waals surface area contributed by atoms with Gasteiger partial charge < -0.3 is 10.4 Å². The van der Waals surface area contributed by atoms with Crippen molar-refractivity contribution in [3.63, 3.8) is 0 Å². The average Bonchev–Trinajstić information content (AvgIpc) is 2.39. The highest BCUT2D eigenvalue weighted by Crippen LogP contribution is 2.36. The predicted octanol–water partition coefficient (Wildman–Crippen LogP) is 3.23. The van der Waals surface area contributed by atoms with Gasteiger partial charge in [-0.2, -0.15) is 0 Å². The molecule has 0 unspecified atom stereocenters. The van der Waals surface area contributed by atoms with Crippen LogP contribution in [0, 0.1) is 12.8 Å². The topological polar surface area (TPSA) is 62.2 Å². The number of nitrogens with zero attached hydrogens (tertiary/aromatic N) is 1. The molecule has 0 spiro atoms. The molecule has 0 aromatic carbocycles. The molecule has 0 aliphatic heterocycles. The molecule has 4 heteroatoms. The lowest BCUT2D eigenvalue weighted by Gasteiger charge is -2.38. The zero-order chi connectivity index (χ0) is 13.9. The van der Waals surface area contributed by atoms with Crippen molar-refractivity contribution in [3.8, 4) is 0 Å². The SMILES string of the molecule is CCC1CCC(Nc2ccnc(C)c2)(C(=O)O)CC1. The van der Waals surface area contributed by atoms with E-state index >= 15 is 0 Å². The lowest BCUT2D eigenvalue weighted by Crippen LogP contribution is -2.49. The molecule has 1 aromatic heterocycles. The van der Waals surface area contributed by atoms with Crippen LogP contribution in [-0.2, 0) is 4.79 Å². The molecule has 1 aliphatic carbocycles. The number of anilines is 1. The first kappa shape index (κ1) is 13.8. The first-order chi connectivity index (χ1) is 9.05. The highest BCUT2D eigenvalue weighted by molar-refractivity contribution is 5.83. The summed E-state index contributed by atoms with van der Waals surface area (Å²) < 4.78 is 0. The highest BCUT2D eigenvalue weighted by atomic mass is 16.4. The van der Waals surface area contributed by atoms with Gasteiger partial charge in [0.1, 0.15) is 5.54 Å². The van der Waals surface area contributed by atoms with E-state index in [9.17, 15) is 9.90 Å². The van der Waals surface area contributed by atoms with E-state index in [1.54, 1.807) is 6.20 Å². The normalized spacial score (nSPS) is 26.9. The predicted molar refractivity (Wildman–Crippen MR) is 75.2 cm³/mol. The minimum Gasteiger partial charge on any atom is -0.480 e. The minimum absolute atomic E-state index is 0.674. The number of aryl methyl sites for hydroxylation is 1. The maximum Gasteiger partial charge on any atom is 0.329 e. The fourth-order valence-electron chi connectivity index (χ4n) is 2.87. The Morgan fingerprint density at radius 1 is 1.53 bits per heavy atom. The minimum atomic E-state index is -0.806. The Kier molecular flexibility index (Phi) is 4.08. The van der Waals surface area contributed by atoms with Gasteiger partial charge >= 0.3 is 5.97 Å². The van der Waals surface area contributed by atoms with Crippen LogP contribution in [0.1, 0.15) is 44.7 Å². The molecular formula is C15H22N2O2. The number of carbonyl (C=O) groups is 1. The second-order valence-electron chi connectivity index (χ2n) is 5.55. The number of hydrogen-bond acceptors (Lipinski definition) is 3. The summed E-state index contributed by atoms with van der Waals surface area (Å²) >= 11 is 0. The van der Waals surface area contributed by atoms with Crippen LogP contribution in [-0.4, -0.2) is 21.6 Å². The van der Waals surface area contributed by atoms with Crippen molar-refractivity contribution in [1.82, 2.24) is 4.98 Å². The van der Waals surface area contributed by atoms with Gasteiger partial charge in [0.15, 0.2) is 0 Å². The van der Waals surface area contributed by atoms with Gasteiger partial charge in [-0.25, -0.2) is 4.79 Å². The molecule has 0 saturated heterocycles. The summed E-state index contributed by atoms with van der Waals surface area (Å²) in [7, 11) is 0. The van der Waals surface area contributed by atoms with Crippen molar-refractivity contribution in [2.75, 3.05) is 5.32 Å². The van der Waals surface area contributed by atoms with E-state index in [0.717, 1.165) is 30.6 Å². The Morgan fingerprint density at radius 3 is 2.74 bits per heavy atom. The lowest BCUT2D eigenvalue weighted by molar-refractivity contribution is -0.143. The van der Waals surface area contributed by atoms with Gasteiger partial charge in [-0.15, -0.1) is 0 Å². The number of nitrogens with one attached hydrogen (secondary N) is 1. The number of aliphatic carboxylic acids is 1.